The van der Waals surface area contributed by atoms with Crippen molar-refractivity contribution >= 4 is 70.7 Å². The fourth-order valence-corrected chi connectivity index (χ4v) is 7.55. The molecule has 0 aromatic heterocycles. The van der Waals surface area contributed by atoms with Crippen molar-refractivity contribution in [3.05, 3.63) is 150 Å². The first-order chi connectivity index (χ1) is 26.3. The Kier molecular flexibility index (Phi) is 14.0. The standard InChI is InChI=1S/2C23H25Cl2NO2/c2*1-14(26-22(27)28-23(2,3)4)17-11-15-7-5-6-8-18(15)19(12-17)16-9-10-20(24)21(25)13-16/h2*5-11,13-14,19H,12H2,1-4H3,(H,26,27)/t14-,19+;14-,19-/m10/s1. The average Bonchev–Trinajstić information content (AvgIpc) is 3.11. The van der Waals surface area contributed by atoms with E-state index in [1.165, 1.54) is 11.1 Å². The van der Waals surface area contributed by atoms with Crippen LogP contribution in [0.1, 0.15) is 113 Å². The van der Waals surface area contributed by atoms with E-state index in [0.29, 0.717) is 20.1 Å². The highest BCUT2D eigenvalue weighted by molar-refractivity contribution is 6.42. The van der Waals surface area contributed by atoms with Gasteiger partial charge in [-0.25, -0.2) is 9.59 Å². The number of fused-ring (bicyclic) bond motifs is 2. The minimum Gasteiger partial charge on any atom is -0.444 e. The van der Waals surface area contributed by atoms with E-state index in [1.807, 2.05) is 116 Å². The molecule has 2 aliphatic rings. The summed E-state index contributed by atoms with van der Waals surface area (Å²) in [4.78, 5) is 24.4. The molecule has 0 aliphatic heterocycles. The van der Waals surface area contributed by atoms with E-state index >= 15 is 0 Å². The molecule has 4 aromatic rings. The van der Waals surface area contributed by atoms with Gasteiger partial charge in [0.25, 0.3) is 0 Å². The Morgan fingerprint density at radius 3 is 1.27 bits per heavy atom. The van der Waals surface area contributed by atoms with Gasteiger partial charge in [0.15, 0.2) is 0 Å². The third-order valence-corrected chi connectivity index (χ3v) is 11.1. The van der Waals surface area contributed by atoms with Crippen molar-refractivity contribution in [3.8, 4) is 0 Å². The number of alkyl carbamates (subject to hydrolysis) is 2. The largest absolute Gasteiger partial charge is 0.444 e. The number of benzene rings is 4. The molecule has 0 spiro atoms. The quantitative estimate of drug-likeness (QED) is 0.203. The van der Waals surface area contributed by atoms with Crippen LogP contribution in [0, 0.1) is 0 Å². The Morgan fingerprint density at radius 1 is 0.571 bits per heavy atom. The van der Waals surface area contributed by atoms with Crippen LogP contribution >= 0.6 is 46.4 Å². The molecule has 2 aliphatic carbocycles. The zero-order valence-corrected chi connectivity index (χ0v) is 36.1. The lowest BCUT2D eigenvalue weighted by Crippen LogP contribution is -2.39. The van der Waals surface area contributed by atoms with E-state index in [0.717, 1.165) is 46.2 Å². The summed E-state index contributed by atoms with van der Waals surface area (Å²) in [7, 11) is 0. The summed E-state index contributed by atoms with van der Waals surface area (Å²) in [6.07, 6.45) is 5.06. The predicted molar refractivity (Wildman–Crippen MR) is 232 cm³/mol. The lowest BCUT2D eigenvalue weighted by molar-refractivity contribution is 0.0503. The number of rotatable bonds is 6. The Hall–Kier alpha value is -3.94. The topological polar surface area (TPSA) is 76.7 Å². The molecule has 2 amide bonds. The van der Waals surface area contributed by atoms with Crippen LogP contribution < -0.4 is 10.6 Å². The highest BCUT2D eigenvalue weighted by atomic mass is 35.5. The molecule has 10 heteroatoms. The number of hydrogen-bond acceptors (Lipinski definition) is 4. The molecule has 2 N–H and O–H groups in total. The summed E-state index contributed by atoms with van der Waals surface area (Å²) >= 11 is 24.7. The van der Waals surface area contributed by atoms with Gasteiger partial charge in [0.1, 0.15) is 11.2 Å². The van der Waals surface area contributed by atoms with E-state index in [2.05, 4.69) is 47.1 Å². The zero-order chi connectivity index (χ0) is 40.9. The molecule has 4 aromatic carbocycles. The third-order valence-electron chi connectivity index (χ3n) is 9.58. The highest BCUT2D eigenvalue weighted by Crippen LogP contribution is 2.42. The van der Waals surface area contributed by atoms with Crippen molar-refractivity contribution < 1.29 is 19.1 Å². The number of carbonyl (C=O) groups excluding carboxylic acids is 2. The zero-order valence-electron chi connectivity index (χ0n) is 33.1. The van der Waals surface area contributed by atoms with Crippen LogP contribution in [-0.4, -0.2) is 35.5 Å². The van der Waals surface area contributed by atoms with Crippen molar-refractivity contribution in [2.24, 2.45) is 0 Å². The first-order valence-corrected chi connectivity index (χ1v) is 20.3. The number of hydrogen-bond donors (Lipinski definition) is 2. The van der Waals surface area contributed by atoms with Crippen molar-refractivity contribution in [2.45, 2.75) is 103 Å². The minimum absolute atomic E-state index is 0.145. The van der Waals surface area contributed by atoms with Gasteiger partial charge in [-0.1, -0.05) is 119 Å². The molecule has 0 saturated heterocycles. The van der Waals surface area contributed by atoms with Crippen molar-refractivity contribution in [1.82, 2.24) is 10.6 Å². The van der Waals surface area contributed by atoms with E-state index in [1.54, 1.807) is 0 Å². The Balaban J connectivity index is 0.000000214. The van der Waals surface area contributed by atoms with E-state index in [4.69, 9.17) is 55.9 Å². The van der Waals surface area contributed by atoms with E-state index in [9.17, 15) is 9.59 Å². The van der Waals surface area contributed by atoms with Gasteiger partial charge < -0.3 is 20.1 Å². The number of carbonyl (C=O) groups is 2. The molecule has 6 nitrogen and oxygen atoms in total. The molecule has 0 bridgehead atoms. The lowest BCUT2D eigenvalue weighted by Gasteiger charge is -2.30. The second-order valence-corrected chi connectivity index (χ2v) is 17.9. The van der Waals surface area contributed by atoms with Gasteiger partial charge >= 0.3 is 12.2 Å². The third kappa shape index (κ3) is 11.6. The van der Waals surface area contributed by atoms with Gasteiger partial charge in [-0.15, -0.1) is 0 Å². The van der Waals surface area contributed by atoms with Crippen LogP contribution in [0.25, 0.3) is 12.2 Å². The fourth-order valence-electron chi connectivity index (χ4n) is 6.94. The van der Waals surface area contributed by atoms with E-state index in [-0.39, 0.29) is 23.9 Å². The Bertz CT molecular complexity index is 1980. The number of amides is 2. The molecule has 0 heterocycles. The Labute approximate surface area is 351 Å². The second-order valence-electron chi connectivity index (χ2n) is 16.3. The van der Waals surface area contributed by atoms with Gasteiger partial charge in [-0.3, -0.25) is 0 Å². The number of halogens is 4. The normalized spacial score (nSPS) is 17.4. The molecule has 0 fully saturated rings. The van der Waals surface area contributed by atoms with Gasteiger partial charge in [0.2, 0.25) is 0 Å². The van der Waals surface area contributed by atoms with Gasteiger partial charge in [-0.05, 0) is 137 Å². The molecule has 0 saturated carbocycles. The summed E-state index contributed by atoms with van der Waals surface area (Å²) < 4.78 is 10.8. The first-order valence-electron chi connectivity index (χ1n) is 18.8. The summed E-state index contributed by atoms with van der Waals surface area (Å²) in [5.74, 6) is 0.294. The predicted octanol–water partition coefficient (Wildman–Crippen LogP) is 13.7. The van der Waals surface area contributed by atoms with Crippen molar-refractivity contribution in [3.63, 3.8) is 0 Å². The molecule has 4 atom stereocenters. The van der Waals surface area contributed by atoms with Gasteiger partial charge in [-0.2, -0.15) is 0 Å². The molecule has 56 heavy (non-hydrogen) atoms. The van der Waals surface area contributed by atoms with Gasteiger partial charge in [0.05, 0.1) is 32.2 Å². The number of nitrogens with one attached hydrogen (secondary N) is 2. The van der Waals surface area contributed by atoms with Crippen LogP contribution in [0.4, 0.5) is 9.59 Å². The summed E-state index contributed by atoms with van der Waals surface area (Å²) in [5.41, 5.74) is 8.23. The molecular formula is C46H50Cl4N2O4. The molecule has 0 radical (unpaired) electrons. The van der Waals surface area contributed by atoms with Crippen molar-refractivity contribution in [1.29, 1.82) is 0 Å². The fraction of sp³-hybridized carbons (Fsp3) is 0.348. The lowest BCUT2D eigenvalue weighted by atomic mass is 9.77. The van der Waals surface area contributed by atoms with Crippen LogP contribution in [0.2, 0.25) is 20.1 Å². The summed E-state index contributed by atoms with van der Waals surface area (Å²) in [5, 5.41) is 8.10. The monoisotopic (exact) mass is 834 g/mol. The second kappa shape index (κ2) is 18.1. The summed E-state index contributed by atoms with van der Waals surface area (Å²) in [6.45, 7) is 15.1. The Morgan fingerprint density at radius 2 is 0.929 bits per heavy atom. The maximum Gasteiger partial charge on any atom is 0.408 e. The maximum absolute atomic E-state index is 12.2. The maximum atomic E-state index is 12.2. The van der Waals surface area contributed by atoms with Crippen LogP contribution in [-0.2, 0) is 9.47 Å². The molecule has 6 rings (SSSR count). The minimum atomic E-state index is -0.528. The van der Waals surface area contributed by atoms with Gasteiger partial charge in [0, 0.05) is 11.8 Å². The molecule has 0 unspecified atom stereocenters. The van der Waals surface area contributed by atoms with E-state index < -0.39 is 23.4 Å². The molecular weight excluding hydrogens is 786 g/mol. The average molecular weight is 837 g/mol. The van der Waals surface area contributed by atoms with Crippen LogP contribution in [0.3, 0.4) is 0 Å². The SMILES string of the molecule is C[C@@H](NC(=O)OC(C)(C)C)C1=Cc2ccccc2[C@H](c2ccc(Cl)c(Cl)c2)C1.C[C@H](NC(=O)OC(C)(C)C)C1=Cc2ccccc2[C@H](c2ccc(Cl)c(Cl)c2)C1. The van der Waals surface area contributed by atoms with Crippen molar-refractivity contribution in [2.75, 3.05) is 0 Å². The molecule has 296 valence electrons. The van der Waals surface area contributed by atoms with Crippen LogP contribution in [0.5, 0.6) is 0 Å². The number of ether oxygens (including phenoxy) is 2. The summed E-state index contributed by atoms with van der Waals surface area (Å²) in [6, 6.07) is 27.9. The van der Waals surface area contributed by atoms with Crippen LogP contribution in [0.15, 0.2) is 96.1 Å². The smallest absolute Gasteiger partial charge is 0.408 e. The first kappa shape index (κ1) is 43.2. The highest BCUT2D eigenvalue weighted by Gasteiger charge is 2.29.